The highest BCUT2D eigenvalue weighted by Crippen LogP contribution is 2.22. The van der Waals surface area contributed by atoms with Gasteiger partial charge in [-0.05, 0) is 31.0 Å². The highest BCUT2D eigenvalue weighted by atomic mass is 16.2. The molecule has 4 rings (SSSR count). The number of rotatable bonds is 5. The van der Waals surface area contributed by atoms with E-state index in [0.29, 0.717) is 5.91 Å². The monoisotopic (exact) mass is 406 g/mol. The average Bonchev–Trinajstić information content (AvgIpc) is 2.80. The molecule has 2 aromatic rings. The van der Waals surface area contributed by atoms with Crippen molar-refractivity contribution < 1.29 is 4.79 Å². The van der Waals surface area contributed by atoms with Crippen LogP contribution in [0.1, 0.15) is 18.1 Å². The number of anilines is 1. The zero-order valence-electron chi connectivity index (χ0n) is 18.3. The molecular formula is C25H34N4O. The number of aryl methyl sites for hydroxylation is 1. The lowest BCUT2D eigenvalue weighted by molar-refractivity contribution is -0.138. The molecule has 0 aromatic heterocycles. The van der Waals surface area contributed by atoms with E-state index in [-0.39, 0.29) is 6.04 Å². The summed E-state index contributed by atoms with van der Waals surface area (Å²) in [5.41, 5.74) is 3.99. The quantitative estimate of drug-likeness (QED) is 0.764. The van der Waals surface area contributed by atoms with Gasteiger partial charge in [-0.1, -0.05) is 48.5 Å². The Hall–Kier alpha value is -2.37. The molecular weight excluding hydrogens is 372 g/mol. The molecule has 0 spiro atoms. The van der Waals surface area contributed by atoms with E-state index in [1.807, 2.05) is 0 Å². The Labute approximate surface area is 180 Å². The molecule has 5 heteroatoms. The van der Waals surface area contributed by atoms with Gasteiger partial charge in [0.2, 0.25) is 5.91 Å². The van der Waals surface area contributed by atoms with Crippen LogP contribution >= 0.6 is 0 Å². The Bertz CT molecular complexity index is 824. The number of nitrogens with zero attached hydrogens (tertiary/aromatic N) is 4. The van der Waals surface area contributed by atoms with Gasteiger partial charge in [-0.15, -0.1) is 0 Å². The van der Waals surface area contributed by atoms with Gasteiger partial charge in [-0.2, -0.15) is 0 Å². The molecule has 0 saturated carbocycles. The number of carbonyl (C=O) groups excluding carboxylic acids is 1. The number of piperazine rings is 2. The zero-order chi connectivity index (χ0) is 20.9. The molecule has 2 fully saturated rings. The third-order valence-corrected chi connectivity index (χ3v) is 6.61. The van der Waals surface area contributed by atoms with E-state index in [4.69, 9.17) is 0 Å². The zero-order valence-corrected chi connectivity index (χ0v) is 18.3. The van der Waals surface area contributed by atoms with E-state index in [9.17, 15) is 4.79 Å². The Morgan fingerprint density at radius 3 is 2.13 bits per heavy atom. The number of hydrogen-bond donors (Lipinski definition) is 0. The van der Waals surface area contributed by atoms with E-state index in [1.165, 1.54) is 16.8 Å². The topological polar surface area (TPSA) is 30.0 Å². The van der Waals surface area contributed by atoms with Crippen LogP contribution in [0.2, 0.25) is 0 Å². The minimum Gasteiger partial charge on any atom is -0.369 e. The molecule has 2 aliphatic heterocycles. The van der Waals surface area contributed by atoms with Crippen molar-refractivity contribution in [1.82, 2.24) is 14.7 Å². The minimum absolute atomic E-state index is 0.0373. The maximum absolute atomic E-state index is 13.1. The number of hydrogen-bond acceptors (Lipinski definition) is 4. The molecule has 160 valence electrons. The first-order valence-corrected chi connectivity index (χ1v) is 11.2. The van der Waals surface area contributed by atoms with Gasteiger partial charge in [0.25, 0.3) is 0 Å². The van der Waals surface area contributed by atoms with Gasteiger partial charge in [0, 0.05) is 64.6 Å². The van der Waals surface area contributed by atoms with Crippen LogP contribution in [0.5, 0.6) is 0 Å². The lowest BCUT2D eigenvalue weighted by Crippen LogP contribution is -2.57. The lowest BCUT2D eigenvalue weighted by Gasteiger charge is -2.41. The number of benzene rings is 2. The van der Waals surface area contributed by atoms with Gasteiger partial charge >= 0.3 is 0 Å². The second kappa shape index (κ2) is 9.63. The van der Waals surface area contributed by atoms with Crippen LogP contribution in [0.25, 0.3) is 0 Å². The maximum Gasteiger partial charge on any atom is 0.239 e. The first kappa shape index (κ1) is 20.9. The third-order valence-electron chi connectivity index (χ3n) is 6.61. The molecule has 1 amide bonds. The predicted molar refractivity (Wildman–Crippen MR) is 123 cm³/mol. The molecule has 1 atom stereocenters. The number of para-hydroxylation sites is 1. The third kappa shape index (κ3) is 4.85. The second-order valence-electron chi connectivity index (χ2n) is 8.57. The molecule has 2 heterocycles. The van der Waals surface area contributed by atoms with Crippen LogP contribution in [-0.4, -0.2) is 79.0 Å². The summed E-state index contributed by atoms with van der Waals surface area (Å²) in [5.74, 6) is 0.290. The Morgan fingerprint density at radius 1 is 0.833 bits per heavy atom. The fourth-order valence-electron chi connectivity index (χ4n) is 4.66. The van der Waals surface area contributed by atoms with Gasteiger partial charge in [0.15, 0.2) is 0 Å². The summed E-state index contributed by atoms with van der Waals surface area (Å²) in [6.07, 6.45) is 0. The fourth-order valence-corrected chi connectivity index (χ4v) is 4.66. The largest absolute Gasteiger partial charge is 0.369 e. The van der Waals surface area contributed by atoms with Crippen molar-refractivity contribution in [3.05, 3.63) is 65.7 Å². The molecule has 0 radical (unpaired) electrons. The van der Waals surface area contributed by atoms with E-state index in [1.54, 1.807) is 0 Å². The molecule has 0 aliphatic carbocycles. The van der Waals surface area contributed by atoms with Crippen LogP contribution in [0.15, 0.2) is 54.6 Å². The maximum atomic E-state index is 13.1. The normalized spacial score (nSPS) is 19.7. The van der Waals surface area contributed by atoms with Crippen LogP contribution in [0, 0.1) is 6.92 Å². The summed E-state index contributed by atoms with van der Waals surface area (Å²) in [5, 5.41) is 0. The lowest BCUT2D eigenvalue weighted by atomic mass is 10.1. The van der Waals surface area contributed by atoms with Crippen molar-refractivity contribution >= 4 is 11.6 Å². The first-order chi connectivity index (χ1) is 14.6. The van der Waals surface area contributed by atoms with E-state index in [2.05, 4.69) is 88.0 Å². The van der Waals surface area contributed by atoms with E-state index in [0.717, 1.165) is 58.9 Å². The molecule has 2 saturated heterocycles. The molecule has 0 N–H and O–H groups in total. The summed E-state index contributed by atoms with van der Waals surface area (Å²) in [4.78, 5) is 22.4. The second-order valence-corrected chi connectivity index (χ2v) is 8.57. The van der Waals surface area contributed by atoms with Crippen LogP contribution < -0.4 is 4.90 Å². The summed E-state index contributed by atoms with van der Waals surface area (Å²) >= 11 is 0. The van der Waals surface area contributed by atoms with Crippen molar-refractivity contribution in [3.8, 4) is 0 Å². The fraction of sp³-hybridized carbons (Fsp3) is 0.480. The van der Waals surface area contributed by atoms with Gasteiger partial charge in [0.1, 0.15) is 0 Å². The van der Waals surface area contributed by atoms with E-state index >= 15 is 0 Å². The van der Waals surface area contributed by atoms with Gasteiger partial charge in [0.05, 0.1) is 6.04 Å². The average molecular weight is 407 g/mol. The molecule has 5 nitrogen and oxygen atoms in total. The Morgan fingerprint density at radius 2 is 1.47 bits per heavy atom. The highest BCUT2D eigenvalue weighted by Gasteiger charge is 2.30. The molecule has 2 aliphatic rings. The van der Waals surface area contributed by atoms with Gasteiger partial charge in [-0.3, -0.25) is 14.6 Å². The smallest absolute Gasteiger partial charge is 0.239 e. The highest BCUT2D eigenvalue weighted by molar-refractivity contribution is 5.81. The van der Waals surface area contributed by atoms with Crippen molar-refractivity contribution in [2.45, 2.75) is 26.4 Å². The number of amides is 1. The summed E-state index contributed by atoms with van der Waals surface area (Å²) < 4.78 is 0. The van der Waals surface area contributed by atoms with Crippen LogP contribution in [0.3, 0.4) is 0 Å². The SMILES string of the molecule is Cc1ccccc1N1CCN([C@@H](C)C(=O)N2CCN(Cc3ccccc3)CC2)CC1. The standard InChI is InChI=1S/C25H34N4O/c1-21-8-6-7-11-24(21)28-18-16-27(17-19-28)22(2)25(30)29-14-12-26(13-15-29)20-23-9-4-3-5-10-23/h3-11,22H,12-20H2,1-2H3/t22-/m0/s1. The summed E-state index contributed by atoms with van der Waals surface area (Å²) in [6.45, 7) is 12.6. The predicted octanol–water partition coefficient (Wildman–Crippen LogP) is 2.85. The van der Waals surface area contributed by atoms with Gasteiger partial charge in [-0.25, -0.2) is 0 Å². The van der Waals surface area contributed by atoms with Crippen molar-refractivity contribution in [2.75, 3.05) is 57.3 Å². The Balaban J connectivity index is 1.25. The Kier molecular flexibility index (Phi) is 6.70. The molecule has 0 bridgehead atoms. The molecule has 30 heavy (non-hydrogen) atoms. The first-order valence-electron chi connectivity index (χ1n) is 11.2. The van der Waals surface area contributed by atoms with Crippen molar-refractivity contribution in [1.29, 1.82) is 0 Å². The van der Waals surface area contributed by atoms with Gasteiger partial charge < -0.3 is 9.80 Å². The summed E-state index contributed by atoms with van der Waals surface area (Å²) in [7, 11) is 0. The van der Waals surface area contributed by atoms with Crippen LogP contribution in [-0.2, 0) is 11.3 Å². The van der Waals surface area contributed by atoms with Crippen molar-refractivity contribution in [2.24, 2.45) is 0 Å². The number of carbonyl (C=O) groups is 1. The summed E-state index contributed by atoms with van der Waals surface area (Å²) in [6, 6.07) is 19.1. The van der Waals surface area contributed by atoms with Crippen LogP contribution in [0.4, 0.5) is 5.69 Å². The molecule has 2 aromatic carbocycles. The van der Waals surface area contributed by atoms with Crippen molar-refractivity contribution in [3.63, 3.8) is 0 Å². The minimum atomic E-state index is -0.0373. The van der Waals surface area contributed by atoms with E-state index < -0.39 is 0 Å². The molecule has 0 unspecified atom stereocenters.